The highest BCUT2D eigenvalue weighted by molar-refractivity contribution is 5.96. The lowest BCUT2D eigenvalue weighted by Gasteiger charge is -2.37. The van der Waals surface area contributed by atoms with Crippen LogP contribution in [0.2, 0.25) is 0 Å². The van der Waals surface area contributed by atoms with Crippen molar-refractivity contribution < 1.29 is 24.2 Å². The highest BCUT2D eigenvalue weighted by Gasteiger charge is 2.36. The van der Waals surface area contributed by atoms with Gasteiger partial charge in [0.2, 0.25) is 5.91 Å². The van der Waals surface area contributed by atoms with Crippen LogP contribution in [0.1, 0.15) is 29.9 Å². The van der Waals surface area contributed by atoms with Gasteiger partial charge in [0, 0.05) is 23.9 Å². The first-order valence-corrected chi connectivity index (χ1v) is 9.16. The van der Waals surface area contributed by atoms with Crippen LogP contribution in [-0.4, -0.2) is 58.5 Å². The zero-order valence-electron chi connectivity index (χ0n) is 16.5. The number of hydrogen-bond donors (Lipinski definition) is 1. The molecule has 2 heterocycles. The molecule has 1 aromatic heterocycles. The van der Waals surface area contributed by atoms with E-state index in [9.17, 15) is 14.7 Å². The Morgan fingerprint density at radius 3 is 2.79 bits per heavy atom. The van der Waals surface area contributed by atoms with Gasteiger partial charge in [0.25, 0.3) is 0 Å². The molecule has 1 N–H and O–H groups in total. The number of aryl methyl sites for hydroxylation is 1. The number of aromatic nitrogens is 2. The average molecular weight is 387 g/mol. The molecule has 0 bridgehead atoms. The topological polar surface area (TPSA) is 93.9 Å². The van der Waals surface area contributed by atoms with Gasteiger partial charge in [-0.1, -0.05) is 6.07 Å². The van der Waals surface area contributed by atoms with Crippen molar-refractivity contribution in [3.63, 3.8) is 0 Å². The number of nitrogens with zero attached hydrogens (tertiary/aromatic N) is 3. The van der Waals surface area contributed by atoms with Gasteiger partial charge in [-0.2, -0.15) is 5.10 Å². The summed E-state index contributed by atoms with van der Waals surface area (Å²) >= 11 is 0. The Morgan fingerprint density at radius 2 is 2.11 bits per heavy atom. The Bertz CT molecular complexity index is 892. The minimum atomic E-state index is -1.13. The molecule has 1 fully saturated rings. The fourth-order valence-electron chi connectivity index (χ4n) is 3.59. The van der Waals surface area contributed by atoms with Crippen molar-refractivity contribution in [3.8, 4) is 11.4 Å². The van der Waals surface area contributed by atoms with E-state index in [2.05, 4.69) is 5.10 Å². The van der Waals surface area contributed by atoms with Gasteiger partial charge in [0.05, 0.1) is 37.7 Å². The second-order valence-corrected chi connectivity index (χ2v) is 6.88. The predicted molar refractivity (Wildman–Crippen MR) is 102 cm³/mol. The van der Waals surface area contributed by atoms with Crippen molar-refractivity contribution in [2.45, 2.75) is 26.8 Å². The first-order chi connectivity index (χ1) is 13.3. The molecule has 1 amide bonds. The normalized spacial score (nSPS) is 18.0. The van der Waals surface area contributed by atoms with Gasteiger partial charge in [0.1, 0.15) is 11.7 Å². The molecule has 1 aromatic carbocycles. The summed E-state index contributed by atoms with van der Waals surface area (Å²) in [5, 5.41) is 13.9. The smallest absolute Gasteiger partial charge is 0.315 e. The van der Waals surface area contributed by atoms with E-state index < -0.39 is 17.8 Å². The molecule has 0 radical (unpaired) electrons. The summed E-state index contributed by atoms with van der Waals surface area (Å²) in [6, 6.07) is 7.19. The van der Waals surface area contributed by atoms with E-state index in [4.69, 9.17) is 9.47 Å². The zero-order valence-corrected chi connectivity index (χ0v) is 16.5. The number of benzene rings is 1. The van der Waals surface area contributed by atoms with Crippen LogP contribution in [-0.2, 0) is 14.3 Å². The van der Waals surface area contributed by atoms with Gasteiger partial charge >= 0.3 is 5.97 Å². The number of rotatable bonds is 5. The second-order valence-electron chi connectivity index (χ2n) is 6.88. The maximum absolute atomic E-state index is 12.8. The van der Waals surface area contributed by atoms with E-state index in [1.807, 2.05) is 42.8 Å². The zero-order chi connectivity index (χ0) is 20.4. The van der Waals surface area contributed by atoms with Crippen LogP contribution in [0.3, 0.4) is 0 Å². The van der Waals surface area contributed by atoms with Crippen molar-refractivity contribution in [1.29, 1.82) is 0 Å². The summed E-state index contributed by atoms with van der Waals surface area (Å²) in [7, 11) is 1.61. The first-order valence-electron chi connectivity index (χ1n) is 9.16. The summed E-state index contributed by atoms with van der Waals surface area (Å²) in [6.07, 6.45) is 0. The molecular formula is C20H25N3O5. The highest BCUT2D eigenvalue weighted by Crippen LogP contribution is 2.32. The molecule has 150 valence electrons. The third-order valence-corrected chi connectivity index (χ3v) is 5.13. The van der Waals surface area contributed by atoms with Crippen LogP contribution >= 0.6 is 0 Å². The summed E-state index contributed by atoms with van der Waals surface area (Å²) < 4.78 is 12.7. The van der Waals surface area contributed by atoms with Gasteiger partial charge < -0.3 is 19.5 Å². The van der Waals surface area contributed by atoms with Crippen LogP contribution < -0.4 is 4.74 Å². The highest BCUT2D eigenvalue weighted by atomic mass is 16.5. The van der Waals surface area contributed by atoms with Gasteiger partial charge in [-0.25, -0.2) is 4.68 Å². The number of hydrogen-bond acceptors (Lipinski definition) is 5. The lowest BCUT2D eigenvalue weighted by molar-refractivity contribution is -0.155. The number of morpholine rings is 1. The van der Waals surface area contributed by atoms with Crippen LogP contribution in [0.4, 0.5) is 0 Å². The Labute approximate surface area is 163 Å². The molecule has 1 aliphatic heterocycles. The lowest BCUT2D eigenvalue weighted by atomic mass is 10.0. The molecule has 2 aromatic rings. The third kappa shape index (κ3) is 3.60. The van der Waals surface area contributed by atoms with E-state index >= 15 is 0 Å². The van der Waals surface area contributed by atoms with Gasteiger partial charge in [0.15, 0.2) is 0 Å². The first kappa shape index (κ1) is 19.9. The molecule has 1 saturated heterocycles. The average Bonchev–Trinajstić information content (AvgIpc) is 3.00. The van der Waals surface area contributed by atoms with Crippen LogP contribution in [0.15, 0.2) is 24.3 Å². The van der Waals surface area contributed by atoms with E-state index in [-0.39, 0.29) is 6.04 Å². The second kappa shape index (κ2) is 8.02. The number of carboxylic acids is 1. The van der Waals surface area contributed by atoms with Crippen molar-refractivity contribution in [3.05, 3.63) is 41.2 Å². The molecule has 1 aliphatic rings. The quantitative estimate of drug-likeness (QED) is 0.790. The standard InChI is InChI=1S/C20H25N3O5/c1-12(20(25)26)19(24)22-8-9-28-11-17(22)18-13(2)21-23(14(18)3)15-6-5-7-16(10-15)27-4/h5-7,10,12,17H,8-9,11H2,1-4H3,(H,25,26). The maximum Gasteiger partial charge on any atom is 0.315 e. The summed E-state index contributed by atoms with van der Waals surface area (Å²) in [5.74, 6) is -1.92. The van der Waals surface area contributed by atoms with E-state index in [0.29, 0.717) is 19.8 Å². The molecule has 8 nitrogen and oxygen atoms in total. The van der Waals surface area contributed by atoms with Gasteiger partial charge in [-0.15, -0.1) is 0 Å². The number of carboxylic acid groups (broad SMARTS) is 1. The summed E-state index contributed by atoms with van der Waals surface area (Å²) in [6.45, 7) is 6.28. The maximum atomic E-state index is 12.8. The molecule has 0 saturated carbocycles. The van der Waals surface area contributed by atoms with E-state index in [1.165, 1.54) is 6.92 Å². The number of methoxy groups -OCH3 is 1. The van der Waals surface area contributed by atoms with Gasteiger partial charge in [-0.05, 0) is 32.9 Å². The molecule has 28 heavy (non-hydrogen) atoms. The molecular weight excluding hydrogens is 362 g/mol. The molecule has 2 unspecified atom stereocenters. The Balaban J connectivity index is 2.01. The Hall–Kier alpha value is -2.87. The minimum Gasteiger partial charge on any atom is -0.497 e. The van der Waals surface area contributed by atoms with Crippen molar-refractivity contribution in [2.24, 2.45) is 5.92 Å². The number of ether oxygens (including phenoxy) is 2. The van der Waals surface area contributed by atoms with E-state index in [0.717, 1.165) is 28.4 Å². The summed E-state index contributed by atoms with van der Waals surface area (Å²) in [4.78, 5) is 25.7. The monoisotopic (exact) mass is 387 g/mol. The predicted octanol–water partition coefficient (Wildman–Crippen LogP) is 2.12. The largest absolute Gasteiger partial charge is 0.497 e. The molecule has 8 heteroatoms. The fourth-order valence-corrected chi connectivity index (χ4v) is 3.59. The minimum absolute atomic E-state index is 0.309. The molecule has 2 atom stereocenters. The SMILES string of the molecule is COc1cccc(-n2nc(C)c(C3COCCN3C(=O)C(C)C(=O)O)c2C)c1. The van der Waals surface area contributed by atoms with Crippen LogP contribution in [0, 0.1) is 19.8 Å². The number of amides is 1. The number of aliphatic carboxylic acids is 1. The van der Waals surface area contributed by atoms with Crippen LogP contribution in [0.5, 0.6) is 5.75 Å². The van der Waals surface area contributed by atoms with Crippen molar-refractivity contribution in [2.75, 3.05) is 26.9 Å². The molecule has 0 aliphatic carbocycles. The van der Waals surface area contributed by atoms with Crippen LogP contribution in [0.25, 0.3) is 5.69 Å². The van der Waals surface area contributed by atoms with E-state index in [1.54, 1.807) is 12.0 Å². The number of carbonyl (C=O) groups excluding carboxylic acids is 1. The Kier molecular flexibility index (Phi) is 5.69. The molecule has 0 spiro atoms. The van der Waals surface area contributed by atoms with Gasteiger partial charge in [-0.3, -0.25) is 9.59 Å². The fraction of sp³-hybridized carbons (Fsp3) is 0.450. The third-order valence-electron chi connectivity index (χ3n) is 5.13. The number of carbonyl (C=O) groups is 2. The Morgan fingerprint density at radius 1 is 1.36 bits per heavy atom. The van der Waals surface area contributed by atoms with Crippen molar-refractivity contribution >= 4 is 11.9 Å². The molecule has 3 rings (SSSR count). The lowest BCUT2D eigenvalue weighted by Crippen LogP contribution is -2.47. The summed E-state index contributed by atoms with van der Waals surface area (Å²) in [5.41, 5.74) is 3.38. The van der Waals surface area contributed by atoms with Crippen molar-refractivity contribution in [1.82, 2.24) is 14.7 Å².